The molecule has 8 nitrogen and oxygen atoms in total. The SMILES string of the molecule is CC(C)[C@H](NCC(=O)Nc1cccc(S(=O)(=O)N2CCCC2)c1)c1ccc2c(c1)OCCCO2. The Labute approximate surface area is 201 Å². The Kier molecular flexibility index (Phi) is 7.75. The number of hydrogen-bond acceptors (Lipinski definition) is 6. The third kappa shape index (κ3) is 5.71. The van der Waals surface area contributed by atoms with Crippen molar-refractivity contribution in [2.75, 3.05) is 38.2 Å². The maximum absolute atomic E-state index is 12.8. The van der Waals surface area contributed by atoms with Gasteiger partial charge in [0.05, 0.1) is 24.7 Å². The molecule has 0 spiro atoms. The number of nitrogens with one attached hydrogen (secondary N) is 2. The van der Waals surface area contributed by atoms with E-state index in [1.54, 1.807) is 18.2 Å². The Morgan fingerprint density at radius 1 is 1.00 bits per heavy atom. The van der Waals surface area contributed by atoms with E-state index in [1.807, 2.05) is 18.2 Å². The monoisotopic (exact) mass is 487 g/mol. The Hall–Kier alpha value is -2.62. The maximum atomic E-state index is 12.8. The predicted octanol–water partition coefficient (Wildman–Crippen LogP) is 3.56. The molecule has 1 saturated heterocycles. The minimum absolute atomic E-state index is 0.0650. The highest BCUT2D eigenvalue weighted by molar-refractivity contribution is 7.89. The van der Waals surface area contributed by atoms with Gasteiger partial charge in [-0.05, 0) is 54.7 Å². The number of ether oxygens (including phenoxy) is 2. The topological polar surface area (TPSA) is 97.0 Å². The number of fused-ring (bicyclic) bond motifs is 1. The number of amides is 1. The van der Waals surface area contributed by atoms with Gasteiger partial charge in [0.2, 0.25) is 15.9 Å². The molecule has 2 aromatic carbocycles. The zero-order chi connectivity index (χ0) is 24.1. The number of sulfonamides is 1. The fourth-order valence-electron chi connectivity index (χ4n) is 4.33. The molecule has 34 heavy (non-hydrogen) atoms. The van der Waals surface area contributed by atoms with Crippen LogP contribution in [-0.2, 0) is 14.8 Å². The predicted molar refractivity (Wildman–Crippen MR) is 131 cm³/mol. The summed E-state index contributed by atoms with van der Waals surface area (Å²) in [4.78, 5) is 12.9. The molecule has 0 bridgehead atoms. The number of nitrogens with zero attached hydrogens (tertiary/aromatic N) is 1. The Morgan fingerprint density at radius 2 is 1.74 bits per heavy atom. The molecule has 0 aromatic heterocycles. The van der Waals surface area contributed by atoms with E-state index in [1.165, 1.54) is 10.4 Å². The zero-order valence-electron chi connectivity index (χ0n) is 19.7. The molecule has 4 rings (SSSR count). The van der Waals surface area contributed by atoms with Gasteiger partial charge in [0.15, 0.2) is 11.5 Å². The van der Waals surface area contributed by atoms with Gasteiger partial charge >= 0.3 is 0 Å². The molecule has 2 N–H and O–H groups in total. The molecule has 2 heterocycles. The van der Waals surface area contributed by atoms with Crippen LogP contribution in [0.2, 0.25) is 0 Å². The first kappa shape index (κ1) is 24.5. The van der Waals surface area contributed by atoms with Crippen molar-refractivity contribution in [2.24, 2.45) is 5.92 Å². The molecule has 184 valence electrons. The molecule has 2 aliphatic rings. The van der Waals surface area contributed by atoms with Gasteiger partial charge < -0.3 is 20.1 Å². The normalized spacial score (nSPS) is 17.4. The van der Waals surface area contributed by atoms with Crippen molar-refractivity contribution in [1.82, 2.24) is 9.62 Å². The van der Waals surface area contributed by atoms with Crippen LogP contribution < -0.4 is 20.1 Å². The first-order chi connectivity index (χ1) is 16.3. The fraction of sp³-hybridized carbons (Fsp3) is 0.480. The van der Waals surface area contributed by atoms with E-state index in [0.717, 1.165) is 36.3 Å². The summed E-state index contributed by atoms with van der Waals surface area (Å²) >= 11 is 0. The molecule has 0 unspecified atom stereocenters. The highest BCUT2D eigenvalue weighted by Gasteiger charge is 2.27. The lowest BCUT2D eigenvalue weighted by Crippen LogP contribution is -2.33. The van der Waals surface area contributed by atoms with Crippen LogP contribution in [0.3, 0.4) is 0 Å². The van der Waals surface area contributed by atoms with Crippen molar-refractivity contribution in [3.8, 4) is 11.5 Å². The molecule has 1 amide bonds. The highest BCUT2D eigenvalue weighted by Crippen LogP contribution is 2.34. The van der Waals surface area contributed by atoms with Gasteiger partial charge in [0, 0.05) is 31.2 Å². The molecule has 1 atom stereocenters. The molecular weight excluding hydrogens is 454 g/mol. The van der Waals surface area contributed by atoms with Crippen LogP contribution in [-0.4, -0.2) is 51.5 Å². The maximum Gasteiger partial charge on any atom is 0.243 e. The summed E-state index contributed by atoms with van der Waals surface area (Å²) in [7, 11) is -3.54. The van der Waals surface area contributed by atoms with Crippen LogP contribution >= 0.6 is 0 Å². The summed E-state index contributed by atoms with van der Waals surface area (Å²) < 4.78 is 38.7. The number of benzene rings is 2. The Bertz CT molecular complexity index is 1110. The summed E-state index contributed by atoms with van der Waals surface area (Å²) in [6, 6.07) is 12.3. The minimum Gasteiger partial charge on any atom is -0.490 e. The van der Waals surface area contributed by atoms with E-state index in [-0.39, 0.29) is 29.3 Å². The summed E-state index contributed by atoms with van der Waals surface area (Å²) in [5.74, 6) is 1.45. The summed E-state index contributed by atoms with van der Waals surface area (Å²) in [6.45, 7) is 6.60. The van der Waals surface area contributed by atoms with E-state index in [2.05, 4.69) is 24.5 Å². The van der Waals surface area contributed by atoms with Gasteiger partial charge in [-0.2, -0.15) is 4.31 Å². The van der Waals surface area contributed by atoms with Crippen molar-refractivity contribution < 1.29 is 22.7 Å². The lowest BCUT2D eigenvalue weighted by Gasteiger charge is -2.24. The lowest BCUT2D eigenvalue weighted by atomic mass is 9.95. The second kappa shape index (κ2) is 10.8. The van der Waals surface area contributed by atoms with Crippen molar-refractivity contribution in [2.45, 2.75) is 44.0 Å². The Balaban J connectivity index is 1.40. The third-order valence-corrected chi connectivity index (χ3v) is 8.00. The van der Waals surface area contributed by atoms with Crippen LogP contribution in [0.4, 0.5) is 5.69 Å². The molecule has 0 aliphatic carbocycles. The van der Waals surface area contributed by atoms with Crippen LogP contribution in [0.15, 0.2) is 47.4 Å². The van der Waals surface area contributed by atoms with Gasteiger partial charge in [-0.1, -0.05) is 26.0 Å². The standard InChI is InChI=1S/C25H33N3O5S/c1-18(2)25(19-9-10-22-23(15-19)33-14-6-13-32-22)26-17-24(29)27-20-7-5-8-21(16-20)34(30,31)28-11-3-4-12-28/h5,7-10,15-16,18,25-26H,3-4,6,11-14,17H2,1-2H3,(H,27,29)/t25-/m0/s1. The van der Waals surface area contributed by atoms with Gasteiger partial charge in [-0.25, -0.2) is 8.42 Å². The Morgan fingerprint density at radius 3 is 2.47 bits per heavy atom. The number of anilines is 1. The first-order valence-corrected chi connectivity index (χ1v) is 13.3. The average Bonchev–Trinajstić information content (AvgIpc) is 3.26. The smallest absolute Gasteiger partial charge is 0.243 e. The number of hydrogen-bond donors (Lipinski definition) is 2. The second-order valence-electron chi connectivity index (χ2n) is 9.05. The summed E-state index contributed by atoms with van der Waals surface area (Å²) in [6.07, 6.45) is 2.60. The van der Waals surface area contributed by atoms with E-state index in [9.17, 15) is 13.2 Å². The third-order valence-electron chi connectivity index (χ3n) is 6.10. The van der Waals surface area contributed by atoms with E-state index in [0.29, 0.717) is 32.0 Å². The van der Waals surface area contributed by atoms with E-state index >= 15 is 0 Å². The summed E-state index contributed by atoms with van der Waals surface area (Å²) in [5, 5.41) is 6.15. The van der Waals surface area contributed by atoms with Crippen molar-refractivity contribution in [3.05, 3.63) is 48.0 Å². The number of carbonyl (C=O) groups is 1. The largest absolute Gasteiger partial charge is 0.490 e. The van der Waals surface area contributed by atoms with Crippen LogP contribution in [0, 0.1) is 5.92 Å². The van der Waals surface area contributed by atoms with Crippen molar-refractivity contribution in [1.29, 1.82) is 0 Å². The molecule has 0 saturated carbocycles. The number of carbonyl (C=O) groups excluding carboxylic acids is 1. The van der Waals surface area contributed by atoms with Crippen LogP contribution in [0.25, 0.3) is 0 Å². The van der Waals surface area contributed by atoms with Crippen LogP contribution in [0.1, 0.15) is 44.7 Å². The molecule has 0 radical (unpaired) electrons. The van der Waals surface area contributed by atoms with Crippen molar-refractivity contribution >= 4 is 21.6 Å². The van der Waals surface area contributed by atoms with Gasteiger partial charge in [0.1, 0.15) is 0 Å². The van der Waals surface area contributed by atoms with E-state index < -0.39 is 10.0 Å². The first-order valence-electron chi connectivity index (χ1n) is 11.9. The van der Waals surface area contributed by atoms with Gasteiger partial charge in [-0.15, -0.1) is 0 Å². The highest BCUT2D eigenvalue weighted by atomic mass is 32.2. The average molecular weight is 488 g/mol. The minimum atomic E-state index is -3.54. The zero-order valence-corrected chi connectivity index (χ0v) is 20.6. The van der Waals surface area contributed by atoms with Gasteiger partial charge in [0.25, 0.3) is 0 Å². The molecular formula is C25H33N3O5S. The second-order valence-corrected chi connectivity index (χ2v) is 11.0. The number of rotatable bonds is 8. The van der Waals surface area contributed by atoms with Crippen molar-refractivity contribution in [3.63, 3.8) is 0 Å². The molecule has 9 heteroatoms. The quantitative estimate of drug-likeness (QED) is 0.591. The lowest BCUT2D eigenvalue weighted by molar-refractivity contribution is -0.115. The molecule has 1 fully saturated rings. The van der Waals surface area contributed by atoms with Crippen LogP contribution in [0.5, 0.6) is 11.5 Å². The molecule has 2 aliphatic heterocycles. The fourth-order valence-corrected chi connectivity index (χ4v) is 5.89. The summed E-state index contributed by atoms with van der Waals surface area (Å²) in [5.41, 5.74) is 1.48. The molecule has 2 aromatic rings. The van der Waals surface area contributed by atoms with Gasteiger partial charge in [-0.3, -0.25) is 4.79 Å². The van der Waals surface area contributed by atoms with E-state index in [4.69, 9.17) is 9.47 Å².